The number of halogens is 1. The van der Waals surface area contributed by atoms with Crippen LogP contribution in [-0.2, 0) is 0 Å². The van der Waals surface area contributed by atoms with Crippen LogP contribution in [0.4, 0.5) is 21.5 Å². The number of fused-ring (bicyclic) bond motifs is 6. The average molecular weight is 628 g/mol. The lowest BCUT2D eigenvalue weighted by molar-refractivity contribution is 0.630. The lowest BCUT2D eigenvalue weighted by Gasteiger charge is -2.29. The largest absolute Gasteiger partial charge is 0.307 e. The molecule has 0 aliphatic rings. The molecule has 0 radical (unpaired) electrons. The van der Waals surface area contributed by atoms with E-state index in [2.05, 4.69) is 108 Å². The Morgan fingerprint density at radius 2 is 0.870 bits per heavy atom. The van der Waals surface area contributed by atoms with E-state index in [9.17, 15) is 0 Å². The molecule has 218 valence electrons. The predicted octanol–water partition coefficient (Wildman–Crippen LogP) is 13.4. The van der Waals surface area contributed by atoms with Crippen molar-refractivity contribution in [2.24, 2.45) is 0 Å². The molecule has 0 saturated heterocycles. The van der Waals surface area contributed by atoms with E-state index >= 15 is 4.39 Å². The Balaban J connectivity index is 1.35. The van der Waals surface area contributed by atoms with Crippen LogP contribution < -0.4 is 4.90 Å². The maximum atomic E-state index is 17.1. The molecular weight excluding hydrogens is 602 g/mol. The molecular formula is C42H26FNS2. The third-order valence-corrected chi connectivity index (χ3v) is 11.0. The van der Waals surface area contributed by atoms with Gasteiger partial charge in [0.05, 0.1) is 5.69 Å². The molecule has 2 heterocycles. The zero-order valence-corrected chi connectivity index (χ0v) is 26.3. The fraction of sp³-hybridized carbons (Fsp3) is 0. The van der Waals surface area contributed by atoms with Gasteiger partial charge in [0, 0.05) is 57.3 Å². The highest BCUT2D eigenvalue weighted by atomic mass is 32.1. The first kappa shape index (κ1) is 27.1. The van der Waals surface area contributed by atoms with Gasteiger partial charge in [0.1, 0.15) is 5.82 Å². The standard InChI is InChI=1S/C42H26FNS2/c43-37-24-29(27-11-3-1-4-12-27)23-34(28-13-5-2-6-14-28)42(37)44(30-19-21-40-35(25-30)32-15-7-9-17-38(32)45-40)31-20-22-41-36(26-31)33-16-8-10-18-39(33)46-41/h1-26H. The molecule has 0 N–H and O–H groups in total. The first-order chi connectivity index (χ1) is 22.7. The summed E-state index contributed by atoms with van der Waals surface area (Å²) in [6.45, 7) is 0. The number of rotatable bonds is 5. The summed E-state index contributed by atoms with van der Waals surface area (Å²) in [5.74, 6) is -0.272. The summed E-state index contributed by atoms with van der Waals surface area (Å²) >= 11 is 3.58. The van der Waals surface area contributed by atoms with Gasteiger partial charge in [0.2, 0.25) is 0 Å². The molecule has 0 aliphatic heterocycles. The Labute approximate surface area is 274 Å². The number of benzene rings is 7. The van der Waals surface area contributed by atoms with Crippen molar-refractivity contribution in [3.63, 3.8) is 0 Å². The molecule has 4 heteroatoms. The van der Waals surface area contributed by atoms with Gasteiger partial charge in [-0.1, -0.05) is 97.1 Å². The smallest absolute Gasteiger partial charge is 0.148 e. The van der Waals surface area contributed by atoms with Crippen molar-refractivity contribution < 1.29 is 4.39 Å². The lowest BCUT2D eigenvalue weighted by Crippen LogP contribution is -2.13. The van der Waals surface area contributed by atoms with Crippen molar-refractivity contribution in [1.29, 1.82) is 0 Å². The van der Waals surface area contributed by atoms with Crippen LogP contribution in [0.1, 0.15) is 0 Å². The summed E-state index contributed by atoms with van der Waals surface area (Å²) in [7, 11) is 0. The highest BCUT2D eigenvalue weighted by Crippen LogP contribution is 2.47. The molecule has 0 bridgehead atoms. The van der Waals surface area contributed by atoms with Crippen molar-refractivity contribution in [1.82, 2.24) is 0 Å². The summed E-state index contributed by atoms with van der Waals surface area (Å²) in [6, 6.07) is 54.1. The van der Waals surface area contributed by atoms with Crippen LogP contribution >= 0.6 is 22.7 Å². The fourth-order valence-corrected chi connectivity index (χ4v) is 8.75. The van der Waals surface area contributed by atoms with Gasteiger partial charge in [-0.05, 0) is 77.4 Å². The van der Waals surface area contributed by atoms with E-state index in [1.54, 1.807) is 28.7 Å². The van der Waals surface area contributed by atoms with Crippen molar-refractivity contribution in [2.75, 3.05) is 4.90 Å². The van der Waals surface area contributed by atoms with Crippen LogP contribution in [-0.4, -0.2) is 0 Å². The summed E-state index contributed by atoms with van der Waals surface area (Å²) < 4.78 is 22.0. The van der Waals surface area contributed by atoms with Crippen molar-refractivity contribution >= 4 is 80.1 Å². The van der Waals surface area contributed by atoms with Crippen LogP contribution in [0.2, 0.25) is 0 Å². The molecule has 0 saturated carbocycles. The zero-order chi connectivity index (χ0) is 30.6. The van der Waals surface area contributed by atoms with Gasteiger partial charge in [-0.15, -0.1) is 22.7 Å². The van der Waals surface area contributed by atoms with Gasteiger partial charge < -0.3 is 4.90 Å². The summed E-state index contributed by atoms with van der Waals surface area (Å²) in [6.07, 6.45) is 0. The van der Waals surface area contributed by atoms with Crippen LogP contribution in [0.25, 0.3) is 62.6 Å². The third kappa shape index (κ3) is 4.49. The van der Waals surface area contributed by atoms with E-state index in [0.717, 1.165) is 33.6 Å². The number of hydrogen-bond acceptors (Lipinski definition) is 3. The quantitative estimate of drug-likeness (QED) is 0.183. The number of anilines is 3. The van der Waals surface area contributed by atoms with Crippen LogP contribution in [0.15, 0.2) is 158 Å². The van der Waals surface area contributed by atoms with Gasteiger partial charge in [-0.3, -0.25) is 0 Å². The second kappa shape index (κ2) is 11.0. The Morgan fingerprint density at radius 1 is 0.391 bits per heavy atom. The minimum atomic E-state index is -0.272. The van der Waals surface area contributed by atoms with Gasteiger partial charge in [-0.2, -0.15) is 0 Å². The Bertz CT molecular complexity index is 2430. The van der Waals surface area contributed by atoms with E-state index < -0.39 is 0 Å². The maximum absolute atomic E-state index is 17.1. The molecule has 0 spiro atoms. The first-order valence-electron chi connectivity index (χ1n) is 15.3. The summed E-state index contributed by atoms with van der Waals surface area (Å²) in [5.41, 5.74) is 5.99. The minimum absolute atomic E-state index is 0.272. The molecule has 2 aromatic heterocycles. The van der Waals surface area contributed by atoms with Crippen molar-refractivity contribution in [3.8, 4) is 22.3 Å². The minimum Gasteiger partial charge on any atom is -0.307 e. The van der Waals surface area contributed by atoms with Crippen molar-refractivity contribution in [3.05, 3.63) is 164 Å². The number of hydrogen-bond donors (Lipinski definition) is 0. The molecule has 0 amide bonds. The normalized spacial score (nSPS) is 11.6. The molecule has 9 aromatic rings. The fourth-order valence-electron chi connectivity index (χ4n) is 6.57. The van der Waals surface area contributed by atoms with Crippen LogP contribution in [0.5, 0.6) is 0 Å². The molecule has 0 unspecified atom stereocenters. The van der Waals surface area contributed by atoms with E-state index in [1.165, 1.54) is 40.3 Å². The topological polar surface area (TPSA) is 3.24 Å². The molecule has 46 heavy (non-hydrogen) atoms. The molecule has 1 nitrogen and oxygen atoms in total. The summed E-state index contributed by atoms with van der Waals surface area (Å²) in [4.78, 5) is 2.12. The molecule has 7 aromatic carbocycles. The Hall–Kier alpha value is -5.29. The van der Waals surface area contributed by atoms with E-state index in [-0.39, 0.29) is 5.82 Å². The lowest BCUT2D eigenvalue weighted by atomic mass is 9.95. The maximum Gasteiger partial charge on any atom is 0.148 e. The van der Waals surface area contributed by atoms with Crippen LogP contribution in [0.3, 0.4) is 0 Å². The zero-order valence-electron chi connectivity index (χ0n) is 24.7. The molecule has 9 rings (SSSR count). The van der Waals surface area contributed by atoms with Gasteiger partial charge >= 0.3 is 0 Å². The first-order valence-corrected chi connectivity index (χ1v) is 16.9. The van der Waals surface area contributed by atoms with Gasteiger partial charge in [0.25, 0.3) is 0 Å². The highest BCUT2D eigenvalue weighted by Gasteiger charge is 2.24. The van der Waals surface area contributed by atoms with Gasteiger partial charge in [-0.25, -0.2) is 4.39 Å². The number of thiophene rings is 2. The van der Waals surface area contributed by atoms with E-state index in [1.807, 2.05) is 48.5 Å². The molecule has 0 aliphatic carbocycles. The Morgan fingerprint density at radius 3 is 1.43 bits per heavy atom. The number of nitrogens with zero attached hydrogens (tertiary/aromatic N) is 1. The Kier molecular flexibility index (Phi) is 6.44. The monoisotopic (exact) mass is 627 g/mol. The SMILES string of the molecule is Fc1cc(-c2ccccc2)cc(-c2ccccc2)c1N(c1ccc2sc3ccccc3c2c1)c1ccc2sc3ccccc3c2c1. The predicted molar refractivity (Wildman–Crippen MR) is 198 cm³/mol. The van der Waals surface area contributed by atoms with Crippen LogP contribution in [0, 0.1) is 5.82 Å². The average Bonchev–Trinajstić information content (AvgIpc) is 3.67. The van der Waals surface area contributed by atoms with E-state index in [4.69, 9.17) is 0 Å². The van der Waals surface area contributed by atoms with Crippen molar-refractivity contribution in [2.45, 2.75) is 0 Å². The summed E-state index contributed by atoms with van der Waals surface area (Å²) in [5, 5.41) is 4.78. The molecule has 0 fully saturated rings. The molecule has 0 atom stereocenters. The third-order valence-electron chi connectivity index (χ3n) is 8.72. The highest BCUT2D eigenvalue weighted by molar-refractivity contribution is 7.26. The second-order valence-corrected chi connectivity index (χ2v) is 13.6. The second-order valence-electron chi connectivity index (χ2n) is 11.5. The van der Waals surface area contributed by atoms with E-state index in [0.29, 0.717) is 5.69 Å². The van der Waals surface area contributed by atoms with Gasteiger partial charge in [0.15, 0.2) is 0 Å².